The molecule has 8 heteroatoms. The molecule has 0 atom stereocenters. The van der Waals surface area contributed by atoms with Crippen LogP contribution in [0.15, 0.2) is 33.0 Å². The zero-order valence-electron chi connectivity index (χ0n) is 15.5. The van der Waals surface area contributed by atoms with Gasteiger partial charge in [-0.2, -0.15) is 0 Å². The van der Waals surface area contributed by atoms with Crippen molar-refractivity contribution in [2.24, 2.45) is 5.14 Å². The van der Waals surface area contributed by atoms with Gasteiger partial charge in [-0.15, -0.1) is 11.3 Å². The van der Waals surface area contributed by atoms with E-state index in [-0.39, 0.29) is 27.5 Å². The summed E-state index contributed by atoms with van der Waals surface area (Å²) in [6.45, 7) is 7.45. The molecule has 0 amide bonds. The Morgan fingerprint density at radius 2 is 1.93 bits per heavy atom. The SMILES string of the molecule is Cc1ccc(CC(=O)c2scc(-c3onc(C)c3C)c2S(N)(=O)=O)c(C)c1. The Bertz CT molecular complexity index is 1140. The summed E-state index contributed by atoms with van der Waals surface area (Å²) in [5.74, 6) is 0.0226. The first-order chi connectivity index (χ1) is 12.6. The minimum atomic E-state index is -4.13. The molecule has 0 aliphatic rings. The second-order valence-electron chi connectivity index (χ2n) is 6.60. The van der Waals surface area contributed by atoms with E-state index in [0.717, 1.165) is 28.0 Å². The van der Waals surface area contributed by atoms with Crippen molar-refractivity contribution in [1.29, 1.82) is 0 Å². The number of benzene rings is 1. The topological polar surface area (TPSA) is 103 Å². The number of carbonyl (C=O) groups is 1. The summed E-state index contributed by atoms with van der Waals surface area (Å²) in [5, 5.41) is 10.9. The predicted octanol–water partition coefficient (Wildman–Crippen LogP) is 3.71. The van der Waals surface area contributed by atoms with Crippen LogP contribution in [0.5, 0.6) is 0 Å². The number of rotatable bonds is 5. The van der Waals surface area contributed by atoms with Crippen LogP contribution in [0.4, 0.5) is 0 Å². The van der Waals surface area contributed by atoms with Crippen LogP contribution < -0.4 is 5.14 Å². The lowest BCUT2D eigenvalue weighted by Gasteiger charge is -2.07. The molecular formula is C19H20N2O4S2. The number of aromatic nitrogens is 1. The molecule has 0 unspecified atom stereocenters. The zero-order chi connectivity index (χ0) is 19.9. The number of ketones is 1. The molecule has 2 aromatic heterocycles. The fourth-order valence-corrected chi connectivity index (χ4v) is 5.22. The first kappa shape index (κ1) is 19.5. The van der Waals surface area contributed by atoms with Crippen LogP contribution in [0.25, 0.3) is 11.3 Å². The summed E-state index contributed by atoms with van der Waals surface area (Å²) in [6, 6.07) is 5.80. The second-order valence-corrected chi connectivity index (χ2v) is 8.98. The van der Waals surface area contributed by atoms with Crippen molar-refractivity contribution in [3.8, 4) is 11.3 Å². The first-order valence-electron chi connectivity index (χ1n) is 8.26. The molecule has 6 nitrogen and oxygen atoms in total. The van der Waals surface area contributed by atoms with Gasteiger partial charge in [-0.1, -0.05) is 28.9 Å². The lowest BCUT2D eigenvalue weighted by Crippen LogP contribution is -2.17. The summed E-state index contributed by atoms with van der Waals surface area (Å²) in [4.78, 5) is 12.8. The monoisotopic (exact) mass is 404 g/mol. The molecule has 2 heterocycles. The highest BCUT2D eigenvalue weighted by atomic mass is 32.2. The quantitative estimate of drug-likeness (QED) is 0.653. The molecule has 0 aliphatic heterocycles. The second kappa shape index (κ2) is 7.03. The Morgan fingerprint density at radius 3 is 2.48 bits per heavy atom. The van der Waals surface area contributed by atoms with Crippen molar-refractivity contribution >= 4 is 27.1 Å². The van der Waals surface area contributed by atoms with Gasteiger partial charge >= 0.3 is 0 Å². The van der Waals surface area contributed by atoms with Gasteiger partial charge < -0.3 is 4.52 Å². The van der Waals surface area contributed by atoms with Crippen LogP contribution in [-0.2, 0) is 16.4 Å². The van der Waals surface area contributed by atoms with Crippen LogP contribution in [0.1, 0.15) is 37.6 Å². The standard InChI is InChI=1S/C19H20N2O4S2/c1-10-5-6-14(11(2)7-10)8-16(22)18-19(27(20,23)24)15(9-26-18)17-12(3)13(4)21-25-17/h5-7,9H,8H2,1-4H3,(H2,20,23,24). The van der Waals surface area contributed by atoms with Crippen molar-refractivity contribution in [3.63, 3.8) is 0 Å². The van der Waals surface area contributed by atoms with Crippen molar-refractivity contribution in [2.45, 2.75) is 39.0 Å². The highest BCUT2D eigenvalue weighted by Crippen LogP contribution is 2.37. The highest BCUT2D eigenvalue weighted by molar-refractivity contribution is 7.89. The smallest absolute Gasteiger partial charge is 0.240 e. The summed E-state index contributed by atoms with van der Waals surface area (Å²) in [5.41, 5.74) is 4.59. The van der Waals surface area contributed by atoms with E-state index in [4.69, 9.17) is 9.66 Å². The lowest BCUT2D eigenvalue weighted by molar-refractivity contribution is 0.0994. The maximum atomic E-state index is 12.9. The van der Waals surface area contributed by atoms with Crippen LogP contribution in [0.2, 0.25) is 0 Å². The van der Waals surface area contributed by atoms with Gasteiger partial charge in [-0.3, -0.25) is 4.79 Å². The number of Topliss-reactive ketones (excluding diaryl/α,β-unsaturated/α-hetero) is 1. The molecule has 2 N–H and O–H groups in total. The van der Waals surface area contributed by atoms with Crippen molar-refractivity contribution in [2.75, 3.05) is 0 Å². The number of primary sulfonamides is 1. The van der Waals surface area contributed by atoms with E-state index < -0.39 is 10.0 Å². The van der Waals surface area contributed by atoms with Gasteiger partial charge in [0.1, 0.15) is 4.90 Å². The number of nitrogens with zero attached hydrogens (tertiary/aromatic N) is 1. The van der Waals surface area contributed by atoms with Crippen LogP contribution in [0, 0.1) is 27.7 Å². The fraction of sp³-hybridized carbons (Fsp3) is 0.263. The van der Waals surface area contributed by atoms with E-state index in [2.05, 4.69) is 5.16 Å². The van der Waals surface area contributed by atoms with Crippen LogP contribution in [-0.4, -0.2) is 19.4 Å². The third-order valence-corrected chi connectivity index (χ3v) is 6.68. The van der Waals surface area contributed by atoms with Crippen LogP contribution in [0.3, 0.4) is 0 Å². The molecule has 142 valence electrons. The third-order valence-electron chi connectivity index (χ3n) is 4.53. The maximum absolute atomic E-state index is 12.9. The molecule has 3 aromatic rings. The minimum Gasteiger partial charge on any atom is -0.356 e. The predicted molar refractivity (Wildman–Crippen MR) is 105 cm³/mol. The number of sulfonamides is 1. The van der Waals surface area contributed by atoms with E-state index in [1.54, 1.807) is 19.2 Å². The average Bonchev–Trinajstić information content (AvgIpc) is 3.14. The van der Waals surface area contributed by atoms with Crippen molar-refractivity contribution < 1.29 is 17.7 Å². The molecule has 0 saturated heterocycles. The van der Waals surface area contributed by atoms with Gasteiger partial charge in [0.2, 0.25) is 10.0 Å². The minimum absolute atomic E-state index is 0.100. The van der Waals surface area contributed by atoms with E-state index in [1.165, 1.54) is 0 Å². The Hall–Kier alpha value is -2.29. The Balaban J connectivity index is 2.08. The van der Waals surface area contributed by atoms with Gasteiger partial charge in [0.25, 0.3) is 0 Å². The zero-order valence-corrected chi connectivity index (χ0v) is 17.1. The lowest BCUT2D eigenvalue weighted by atomic mass is 10.0. The summed E-state index contributed by atoms with van der Waals surface area (Å²) in [6.07, 6.45) is 0.100. The molecule has 1 aromatic carbocycles. The Kier molecular flexibility index (Phi) is 5.07. The molecule has 0 bridgehead atoms. The first-order valence-corrected chi connectivity index (χ1v) is 10.7. The van der Waals surface area contributed by atoms with Crippen LogP contribution >= 0.6 is 11.3 Å². The molecule has 0 spiro atoms. The number of aryl methyl sites for hydroxylation is 3. The van der Waals surface area contributed by atoms with Gasteiger partial charge in [0.15, 0.2) is 11.5 Å². The molecular weight excluding hydrogens is 384 g/mol. The maximum Gasteiger partial charge on any atom is 0.240 e. The third kappa shape index (κ3) is 3.73. The van der Waals surface area contributed by atoms with Gasteiger partial charge in [0.05, 0.1) is 16.1 Å². The van der Waals surface area contributed by atoms with Crippen molar-refractivity contribution in [3.05, 3.63) is 56.4 Å². The molecule has 0 aliphatic carbocycles. The number of nitrogens with two attached hydrogens (primary N) is 1. The number of hydrogen-bond acceptors (Lipinski definition) is 6. The van der Waals surface area contributed by atoms with E-state index >= 15 is 0 Å². The number of thiophene rings is 1. The number of carbonyl (C=O) groups excluding carboxylic acids is 1. The highest BCUT2D eigenvalue weighted by Gasteiger charge is 2.29. The Morgan fingerprint density at radius 1 is 1.22 bits per heavy atom. The van der Waals surface area contributed by atoms with Gasteiger partial charge in [-0.25, -0.2) is 13.6 Å². The summed E-state index contributed by atoms with van der Waals surface area (Å²) in [7, 11) is -4.13. The van der Waals surface area contributed by atoms with E-state index in [9.17, 15) is 13.2 Å². The molecule has 3 rings (SSSR count). The van der Waals surface area contributed by atoms with Gasteiger partial charge in [0, 0.05) is 17.4 Å². The largest absolute Gasteiger partial charge is 0.356 e. The molecule has 27 heavy (non-hydrogen) atoms. The van der Waals surface area contributed by atoms with Gasteiger partial charge in [-0.05, 0) is 38.8 Å². The van der Waals surface area contributed by atoms with Crippen molar-refractivity contribution in [1.82, 2.24) is 5.16 Å². The fourth-order valence-electron chi connectivity index (χ4n) is 2.94. The molecule has 0 fully saturated rings. The van der Waals surface area contributed by atoms with E-state index in [1.807, 2.05) is 32.0 Å². The molecule has 0 radical (unpaired) electrons. The molecule has 0 saturated carbocycles. The van der Waals surface area contributed by atoms with E-state index in [0.29, 0.717) is 17.0 Å². The Labute approximate surface area is 162 Å². The summed E-state index contributed by atoms with van der Waals surface area (Å²) >= 11 is 1.06. The normalized spacial score (nSPS) is 11.7. The number of hydrogen-bond donors (Lipinski definition) is 1. The summed E-state index contributed by atoms with van der Waals surface area (Å²) < 4.78 is 29.8. The average molecular weight is 405 g/mol.